The molecule has 0 atom stereocenters. The molecular formula is C31H34N4O5S. The Balaban J connectivity index is 1.61. The van der Waals surface area contributed by atoms with Gasteiger partial charge in [0, 0.05) is 28.7 Å². The zero-order chi connectivity index (χ0) is 29.7. The average molecular weight is 575 g/mol. The van der Waals surface area contributed by atoms with Crippen LogP contribution in [-0.2, 0) is 14.8 Å². The van der Waals surface area contributed by atoms with Crippen LogP contribution in [0.5, 0.6) is 11.5 Å². The molecule has 214 valence electrons. The van der Waals surface area contributed by atoms with Crippen molar-refractivity contribution in [1.82, 2.24) is 9.99 Å². The first kappa shape index (κ1) is 29.4. The van der Waals surface area contributed by atoms with Crippen LogP contribution in [0.1, 0.15) is 28.1 Å². The third kappa shape index (κ3) is 6.44. The van der Waals surface area contributed by atoms with Gasteiger partial charge >= 0.3 is 0 Å². The fraction of sp³-hybridized carbons (Fsp3) is 0.226. The number of aromatic nitrogens is 1. The number of hydrazone groups is 1. The number of nitrogens with one attached hydrogen (secondary N) is 1. The summed E-state index contributed by atoms with van der Waals surface area (Å²) in [5.74, 6) is 0.0952. The van der Waals surface area contributed by atoms with Crippen molar-refractivity contribution in [1.29, 1.82) is 0 Å². The molecule has 1 heterocycles. The van der Waals surface area contributed by atoms with Gasteiger partial charge in [0.05, 0.1) is 31.0 Å². The Morgan fingerprint density at radius 2 is 1.66 bits per heavy atom. The Morgan fingerprint density at radius 3 is 2.32 bits per heavy atom. The summed E-state index contributed by atoms with van der Waals surface area (Å²) in [6.07, 6.45) is 1.55. The van der Waals surface area contributed by atoms with E-state index in [0.29, 0.717) is 5.75 Å². The average Bonchev–Trinajstić information content (AvgIpc) is 3.23. The van der Waals surface area contributed by atoms with Crippen LogP contribution in [0.3, 0.4) is 0 Å². The summed E-state index contributed by atoms with van der Waals surface area (Å²) in [7, 11) is -1.22. The van der Waals surface area contributed by atoms with Crippen LogP contribution < -0.4 is 19.2 Å². The molecule has 1 aromatic heterocycles. The molecular weight excluding hydrogens is 540 g/mol. The van der Waals surface area contributed by atoms with Gasteiger partial charge in [0.2, 0.25) is 0 Å². The van der Waals surface area contributed by atoms with E-state index in [1.54, 1.807) is 36.5 Å². The number of methoxy groups -OCH3 is 2. The fourth-order valence-corrected chi connectivity index (χ4v) is 5.98. The van der Waals surface area contributed by atoms with E-state index in [1.165, 1.54) is 26.4 Å². The third-order valence-electron chi connectivity index (χ3n) is 6.67. The van der Waals surface area contributed by atoms with Gasteiger partial charge in [-0.05, 0) is 75.7 Å². The number of nitrogens with zero attached hydrogens (tertiary/aromatic N) is 3. The van der Waals surface area contributed by atoms with Gasteiger partial charge in [0.25, 0.3) is 15.9 Å². The first-order valence-corrected chi connectivity index (χ1v) is 14.4. The van der Waals surface area contributed by atoms with Crippen LogP contribution in [0.2, 0.25) is 0 Å². The highest BCUT2D eigenvalue weighted by Crippen LogP contribution is 2.35. The van der Waals surface area contributed by atoms with Gasteiger partial charge in [-0.3, -0.25) is 9.10 Å². The third-order valence-corrected chi connectivity index (χ3v) is 8.45. The Kier molecular flexibility index (Phi) is 8.83. The van der Waals surface area contributed by atoms with Crippen LogP contribution in [0.4, 0.5) is 5.69 Å². The smallest absolute Gasteiger partial charge is 0.264 e. The largest absolute Gasteiger partial charge is 0.497 e. The molecule has 0 fully saturated rings. The molecule has 0 aliphatic heterocycles. The zero-order valence-electron chi connectivity index (χ0n) is 24.0. The molecule has 0 unspecified atom stereocenters. The van der Waals surface area contributed by atoms with Crippen molar-refractivity contribution in [3.8, 4) is 17.2 Å². The number of carbonyl (C=O) groups excluding carboxylic acids is 1. The lowest BCUT2D eigenvalue weighted by Crippen LogP contribution is -2.39. The molecule has 0 aliphatic rings. The summed E-state index contributed by atoms with van der Waals surface area (Å²) >= 11 is 0. The Hall–Kier alpha value is -4.57. The number of aryl methyl sites for hydroxylation is 3. The Morgan fingerprint density at radius 1 is 0.927 bits per heavy atom. The van der Waals surface area contributed by atoms with Gasteiger partial charge in [0.1, 0.15) is 18.0 Å². The van der Waals surface area contributed by atoms with Crippen LogP contribution in [0.25, 0.3) is 5.69 Å². The van der Waals surface area contributed by atoms with Gasteiger partial charge in [-0.25, -0.2) is 13.8 Å². The molecule has 0 bridgehead atoms. The van der Waals surface area contributed by atoms with Gasteiger partial charge in [0.15, 0.2) is 0 Å². The van der Waals surface area contributed by atoms with Crippen molar-refractivity contribution in [2.24, 2.45) is 5.10 Å². The molecule has 1 N–H and O–H groups in total. The second kappa shape index (κ2) is 12.3. The predicted molar refractivity (Wildman–Crippen MR) is 161 cm³/mol. The van der Waals surface area contributed by atoms with Crippen LogP contribution in [0.15, 0.2) is 82.8 Å². The second-order valence-corrected chi connectivity index (χ2v) is 11.5. The highest BCUT2D eigenvalue weighted by atomic mass is 32.2. The lowest BCUT2D eigenvalue weighted by Gasteiger charge is -2.25. The first-order chi connectivity index (χ1) is 19.5. The highest BCUT2D eigenvalue weighted by Gasteiger charge is 2.29. The van der Waals surface area contributed by atoms with Crippen molar-refractivity contribution in [2.75, 3.05) is 25.1 Å². The molecule has 9 nitrogen and oxygen atoms in total. The number of benzene rings is 3. The second-order valence-electron chi connectivity index (χ2n) is 9.66. The summed E-state index contributed by atoms with van der Waals surface area (Å²) in [4.78, 5) is 13.1. The molecule has 0 spiro atoms. The van der Waals surface area contributed by atoms with E-state index < -0.39 is 22.5 Å². The molecule has 3 aromatic carbocycles. The van der Waals surface area contributed by atoms with E-state index >= 15 is 0 Å². The number of ether oxygens (including phenoxy) is 2. The molecule has 41 heavy (non-hydrogen) atoms. The van der Waals surface area contributed by atoms with E-state index in [9.17, 15) is 13.2 Å². The Labute approximate surface area is 241 Å². The molecule has 4 aromatic rings. The first-order valence-electron chi connectivity index (χ1n) is 12.9. The standard InChI is InChI=1S/C31H34N4O5S/c1-21-10-13-28(14-11-21)41(37,38)34(29-15-12-27(39-5)18-30(29)40-6)20-31(36)33-32-19-25-17-23(3)35(24(25)4)26-9-7-8-22(2)16-26/h7-19H,20H2,1-6H3,(H,33,36)/b32-19-. The maximum absolute atomic E-state index is 13.8. The summed E-state index contributed by atoms with van der Waals surface area (Å²) in [5, 5.41) is 4.14. The lowest BCUT2D eigenvalue weighted by molar-refractivity contribution is -0.119. The number of anilines is 1. The van der Waals surface area contributed by atoms with Crippen molar-refractivity contribution in [2.45, 2.75) is 32.6 Å². The number of rotatable bonds is 10. The molecule has 0 saturated carbocycles. The maximum atomic E-state index is 13.8. The van der Waals surface area contributed by atoms with Gasteiger partial charge < -0.3 is 14.0 Å². The fourth-order valence-electron chi connectivity index (χ4n) is 4.55. The minimum absolute atomic E-state index is 0.0425. The highest BCUT2D eigenvalue weighted by molar-refractivity contribution is 7.92. The molecule has 1 amide bonds. The topological polar surface area (TPSA) is 102 Å². The number of amides is 1. The van der Waals surface area contributed by atoms with Crippen molar-refractivity contribution >= 4 is 27.8 Å². The van der Waals surface area contributed by atoms with E-state index in [0.717, 1.165) is 38.1 Å². The van der Waals surface area contributed by atoms with Crippen LogP contribution in [-0.4, -0.2) is 45.9 Å². The van der Waals surface area contributed by atoms with Crippen molar-refractivity contribution in [3.63, 3.8) is 0 Å². The van der Waals surface area contributed by atoms with E-state index in [4.69, 9.17) is 9.47 Å². The van der Waals surface area contributed by atoms with Crippen LogP contribution in [0, 0.1) is 27.7 Å². The minimum Gasteiger partial charge on any atom is -0.497 e. The summed E-state index contributed by atoms with van der Waals surface area (Å²) in [5.41, 5.74) is 8.56. The SMILES string of the molecule is COc1ccc(N(CC(=O)N/N=C\c2cc(C)n(-c3cccc(C)c3)c2C)S(=O)(=O)c2ccc(C)cc2)c(OC)c1. The molecule has 10 heteroatoms. The van der Waals surface area contributed by atoms with Gasteiger partial charge in [-0.15, -0.1) is 0 Å². The monoisotopic (exact) mass is 574 g/mol. The van der Waals surface area contributed by atoms with Gasteiger partial charge in [-0.2, -0.15) is 5.10 Å². The predicted octanol–water partition coefficient (Wildman–Crippen LogP) is 5.07. The van der Waals surface area contributed by atoms with Crippen molar-refractivity contribution in [3.05, 3.63) is 101 Å². The zero-order valence-corrected chi connectivity index (χ0v) is 24.8. The number of sulfonamides is 1. The molecule has 0 radical (unpaired) electrons. The quantitative estimate of drug-likeness (QED) is 0.210. The molecule has 0 aliphatic carbocycles. The van der Waals surface area contributed by atoms with Crippen LogP contribution >= 0.6 is 0 Å². The van der Waals surface area contributed by atoms with E-state index in [2.05, 4.69) is 21.2 Å². The maximum Gasteiger partial charge on any atom is 0.264 e. The Bertz CT molecular complexity index is 1690. The summed E-state index contributed by atoms with van der Waals surface area (Å²) < 4.78 is 41.4. The minimum atomic E-state index is -4.14. The number of carbonyl (C=O) groups is 1. The van der Waals surface area contributed by atoms with Crippen molar-refractivity contribution < 1.29 is 22.7 Å². The van der Waals surface area contributed by atoms with E-state index in [-0.39, 0.29) is 16.3 Å². The number of hydrogen-bond donors (Lipinski definition) is 1. The van der Waals surface area contributed by atoms with E-state index in [1.807, 2.05) is 52.0 Å². The lowest BCUT2D eigenvalue weighted by atomic mass is 10.2. The molecule has 4 rings (SSSR count). The van der Waals surface area contributed by atoms with Gasteiger partial charge in [-0.1, -0.05) is 29.8 Å². The number of hydrogen-bond acceptors (Lipinski definition) is 6. The normalized spacial score (nSPS) is 11.5. The summed E-state index contributed by atoms with van der Waals surface area (Å²) in [6.45, 7) is 7.36. The summed E-state index contributed by atoms with van der Waals surface area (Å²) in [6, 6.07) is 21.3. The molecule has 0 saturated heterocycles.